The summed E-state index contributed by atoms with van der Waals surface area (Å²) in [6.07, 6.45) is 7.60. The second-order valence-corrected chi connectivity index (χ2v) is 2.58. The van der Waals surface area contributed by atoms with Crippen LogP contribution in [0, 0.1) is 18.6 Å². The van der Waals surface area contributed by atoms with Crippen molar-refractivity contribution in [3.63, 3.8) is 0 Å². The van der Waals surface area contributed by atoms with E-state index in [1.54, 1.807) is 18.2 Å². The highest BCUT2D eigenvalue weighted by Crippen LogP contribution is 2.10. The van der Waals surface area contributed by atoms with Crippen molar-refractivity contribution >= 4 is 11.0 Å². The SMILES string of the molecule is C#Cc1ccc2o[c]cc(=O)c2c1. The van der Waals surface area contributed by atoms with Gasteiger partial charge < -0.3 is 4.42 Å². The normalized spacial score (nSPS) is 9.77. The molecule has 61 valence electrons. The molecule has 1 heterocycles. The third-order valence-electron chi connectivity index (χ3n) is 1.77. The van der Waals surface area contributed by atoms with E-state index in [1.165, 1.54) is 6.07 Å². The summed E-state index contributed by atoms with van der Waals surface area (Å²) in [5, 5.41) is 0.495. The fourth-order valence-corrected chi connectivity index (χ4v) is 1.13. The number of rotatable bonds is 0. The quantitative estimate of drug-likeness (QED) is 0.560. The Balaban J connectivity index is 2.92. The van der Waals surface area contributed by atoms with Crippen molar-refractivity contribution in [3.8, 4) is 12.3 Å². The standard InChI is InChI=1S/C11H5O2/c1-2-8-3-4-11-9(7-8)10(12)5-6-13-11/h1,3-5,7H. The van der Waals surface area contributed by atoms with E-state index in [0.29, 0.717) is 16.5 Å². The molecule has 0 saturated carbocycles. The molecule has 0 fully saturated rings. The summed E-state index contributed by atoms with van der Waals surface area (Å²) in [5.74, 6) is 2.46. The largest absolute Gasteiger partial charge is 0.453 e. The smallest absolute Gasteiger partial charge is 0.193 e. The van der Waals surface area contributed by atoms with Crippen molar-refractivity contribution < 1.29 is 4.42 Å². The maximum atomic E-state index is 11.3. The molecule has 2 heteroatoms. The summed E-state index contributed by atoms with van der Waals surface area (Å²) >= 11 is 0. The Morgan fingerprint density at radius 2 is 2.31 bits per heavy atom. The first-order chi connectivity index (χ1) is 6.31. The van der Waals surface area contributed by atoms with E-state index in [9.17, 15) is 4.79 Å². The van der Waals surface area contributed by atoms with Crippen molar-refractivity contribution in [1.29, 1.82) is 0 Å². The lowest BCUT2D eigenvalue weighted by molar-refractivity contribution is 0.592. The number of fused-ring (bicyclic) bond motifs is 1. The molecule has 1 aromatic carbocycles. The van der Waals surface area contributed by atoms with Crippen LogP contribution in [0.5, 0.6) is 0 Å². The molecule has 2 nitrogen and oxygen atoms in total. The lowest BCUT2D eigenvalue weighted by atomic mass is 10.1. The first kappa shape index (κ1) is 7.63. The van der Waals surface area contributed by atoms with Crippen LogP contribution in [0.2, 0.25) is 0 Å². The second kappa shape index (κ2) is 2.80. The van der Waals surface area contributed by atoms with E-state index in [2.05, 4.69) is 12.2 Å². The van der Waals surface area contributed by atoms with Gasteiger partial charge in [-0.25, -0.2) is 0 Å². The van der Waals surface area contributed by atoms with Crippen LogP contribution in [-0.2, 0) is 0 Å². The van der Waals surface area contributed by atoms with Crippen molar-refractivity contribution in [2.45, 2.75) is 0 Å². The molecule has 13 heavy (non-hydrogen) atoms. The molecular weight excluding hydrogens is 164 g/mol. The summed E-state index contributed by atoms with van der Waals surface area (Å²) in [6, 6.07) is 6.28. The summed E-state index contributed by atoms with van der Waals surface area (Å²) in [7, 11) is 0. The summed E-state index contributed by atoms with van der Waals surface area (Å²) in [4.78, 5) is 11.3. The molecule has 0 spiro atoms. The maximum Gasteiger partial charge on any atom is 0.193 e. The maximum absolute atomic E-state index is 11.3. The molecule has 2 aromatic rings. The fraction of sp³-hybridized carbons (Fsp3) is 0. The Bertz CT molecular complexity index is 544. The van der Waals surface area contributed by atoms with Gasteiger partial charge in [0.25, 0.3) is 0 Å². The van der Waals surface area contributed by atoms with Crippen LogP contribution >= 0.6 is 0 Å². The van der Waals surface area contributed by atoms with Gasteiger partial charge in [0.2, 0.25) is 0 Å². The number of benzene rings is 1. The predicted octanol–water partition coefficient (Wildman–Crippen LogP) is 1.57. The van der Waals surface area contributed by atoms with Gasteiger partial charge in [-0.1, -0.05) is 5.92 Å². The highest BCUT2D eigenvalue weighted by Gasteiger charge is 1.99. The van der Waals surface area contributed by atoms with Gasteiger partial charge in [-0.15, -0.1) is 6.42 Å². The zero-order valence-corrected chi connectivity index (χ0v) is 6.70. The Morgan fingerprint density at radius 1 is 1.46 bits per heavy atom. The molecule has 0 saturated heterocycles. The lowest BCUT2D eigenvalue weighted by Gasteiger charge is -1.94. The molecule has 2 rings (SSSR count). The molecular formula is C11H5O2. The summed E-state index contributed by atoms with van der Waals surface area (Å²) in [6.45, 7) is 0. The van der Waals surface area contributed by atoms with E-state index >= 15 is 0 Å². The average Bonchev–Trinajstić information content (AvgIpc) is 2.18. The van der Waals surface area contributed by atoms with E-state index in [4.69, 9.17) is 10.8 Å². The van der Waals surface area contributed by atoms with Crippen LogP contribution in [0.25, 0.3) is 11.0 Å². The van der Waals surface area contributed by atoms with Crippen LogP contribution in [-0.4, -0.2) is 0 Å². The highest BCUT2D eigenvalue weighted by molar-refractivity contribution is 5.77. The van der Waals surface area contributed by atoms with Gasteiger partial charge in [0.05, 0.1) is 5.39 Å². The van der Waals surface area contributed by atoms with E-state index in [-0.39, 0.29) is 5.43 Å². The third-order valence-corrected chi connectivity index (χ3v) is 1.77. The van der Waals surface area contributed by atoms with Crippen LogP contribution in [0.3, 0.4) is 0 Å². The molecule has 0 N–H and O–H groups in total. The fourth-order valence-electron chi connectivity index (χ4n) is 1.13. The first-order valence-corrected chi connectivity index (χ1v) is 3.72. The van der Waals surface area contributed by atoms with Crippen molar-refractivity contribution in [2.75, 3.05) is 0 Å². The minimum absolute atomic E-state index is 0.127. The van der Waals surface area contributed by atoms with Gasteiger partial charge in [0.15, 0.2) is 11.7 Å². The lowest BCUT2D eigenvalue weighted by Crippen LogP contribution is -1.98. The average molecular weight is 169 g/mol. The number of hydrogen-bond donors (Lipinski definition) is 0. The second-order valence-electron chi connectivity index (χ2n) is 2.58. The van der Waals surface area contributed by atoms with E-state index in [1.807, 2.05) is 0 Å². The van der Waals surface area contributed by atoms with Crippen molar-refractivity contribution in [3.05, 3.63) is 46.3 Å². The van der Waals surface area contributed by atoms with Crippen molar-refractivity contribution in [2.24, 2.45) is 0 Å². The van der Waals surface area contributed by atoms with Crippen LogP contribution < -0.4 is 5.43 Å². The first-order valence-electron chi connectivity index (χ1n) is 3.72. The van der Waals surface area contributed by atoms with Gasteiger partial charge >= 0.3 is 0 Å². The topological polar surface area (TPSA) is 30.2 Å². The molecule has 0 aliphatic rings. The number of hydrogen-bond acceptors (Lipinski definition) is 2. The van der Waals surface area contributed by atoms with E-state index in [0.717, 1.165) is 0 Å². The zero-order valence-electron chi connectivity index (χ0n) is 6.70. The van der Waals surface area contributed by atoms with E-state index < -0.39 is 0 Å². The Hall–Kier alpha value is -2.01. The molecule has 0 aliphatic carbocycles. The predicted molar refractivity (Wildman–Crippen MR) is 49.3 cm³/mol. The Morgan fingerprint density at radius 3 is 3.08 bits per heavy atom. The van der Waals surface area contributed by atoms with Gasteiger partial charge in [0, 0.05) is 11.6 Å². The third kappa shape index (κ3) is 1.21. The Labute approximate surface area is 74.8 Å². The molecule has 1 radical (unpaired) electrons. The minimum Gasteiger partial charge on any atom is -0.453 e. The van der Waals surface area contributed by atoms with Gasteiger partial charge in [0.1, 0.15) is 5.58 Å². The highest BCUT2D eigenvalue weighted by atomic mass is 16.3. The summed E-state index contributed by atoms with van der Waals surface area (Å²) < 4.78 is 5.00. The molecule has 0 bridgehead atoms. The van der Waals surface area contributed by atoms with Crippen molar-refractivity contribution in [1.82, 2.24) is 0 Å². The molecule has 1 aromatic heterocycles. The monoisotopic (exact) mass is 169 g/mol. The number of terminal acetylenes is 1. The van der Waals surface area contributed by atoms with Gasteiger partial charge in [-0.05, 0) is 18.2 Å². The van der Waals surface area contributed by atoms with Gasteiger partial charge in [-0.3, -0.25) is 4.79 Å². The molecule has 0 amide bonds. The van der Waals surface area contributed by atoms with Crippen LogP contribution in [0.15, 0.2) is 33.5 Å². The molecule has 0 aliphatic heterocycles. The Kier molecular flexibility index (Phi) is 1.64. The zero-order chi connectivity index (χ0) is 9.26. The minimum atomic E-state index is -0.127. The van der Waals surface area contributed by atoms with Gasteiger partial charge in [-0.2, -0.15) is 0 Å². The molecule has 0 unspecified atom stereocenters. The molecule has 0 atom stereocenters. The summed E-state index contributed by atoms with van der Waals surface area (Å²) in [5.41, 5.74) is 1.05. The van der Waals surface area contributed by atoms with Crippen LogP contribution in [0.1, 0.15) is 5.56 Å². The van der Waals surface area contributed by atoms with Crippen LogP contribution in [0.4, 0.5) is 0 Å².